The molecule has 27 heavy (non-hydrogen) atoms. The van der Waals surface area contributed by atoms with Crippen molar-refractivity contribution in [2.24, 2.45) is 0 Å². The smallest absolute Gasteiger partial charge is 0.168 e. The topological polar surface area (TPSA) is 68.0 Å². The zero-order chi connectivity index (χ0) is 18.2. The van der Waals surface area contributed by atoms with Gasteiger partial charge in [0.1, 0.15) is 17.5 Å². The lowest BCUT2D eigenvalue weighted by molar-refractivity contribution is 1.02. The van der Waals surface area contributed by atoms with Crippen LogP contribution in [0.2, 0.25) is 5.02 Å². The summed E-state index contributed by atoms with van der Waals surface area (Å²) < 4.78 is 1.90. The predicted molar refractivity (Wildman–Crippen MR) is 107 cm³/mol. The third-order valence-electron chi connectivity index (χ3n) is 4.54. The summed E-state index contributed by atoms with van der Waals surface area (Å²) in [7, 11) is 0. The van der Waals surface area contributed by atoms with Crippen LogP contribution in [0.15, 0.2) is 61.3 Å². The van der Waals surface area contributed by atoms with E-state index in [0.717, 1.165) is 51.4 Å². The van der Waals surface area contributed by atoms with Gasteiger partial charge in [0.15, 0.2) is 5.65 Å². The highest BCUT2D eigenvalue weighted by atomic mass is 35.5. The number of fused-ring (bicyclic) bond motifs is 4. The number of imidazole rings is 1. The lowest BCUT2D eigenvalue weighted by atomic mass is 10.1. The van der Waals surface area contributed by atoms with Crippen molar-refractivity contribution in [1.82, 2.24) is 24.3 Å². The average molecular weight is 375 g/mol. The van der Waals surface area contributed by atoms with E-state index in [9.17, 15) is 0 Å². The van der Waals surface area contributed by atoms with E-state index >= 15 is 0 Å². The van der Waals surface area contributed by atoms with Gasteiger partial charge < -0.3 is 5.32 Å². The van der Waals surface area contributed by atoms with Gasteiger partial charge in [-0.2, -0.15) is 0 Å². The maximum atomic E-state index is 6.09. The molecular formula is C20H15ClN6. The molecule has 7 heteroatoms. The molecule has 0 saturated carbocycles. The van der Waals surface area contributed by atoms with Crippen molar-refractivity contribution in [3.8, 4) is 0 Å². The standard InChI is InChI=1S/C20H15ClN6/c21-14-3-1-2-13(10-14)4-9-24-18-15-11-22-7-5-16(15)25-20-19(18)26-17-6-8-23-12-27(17)20/h1-3,5-8,10-12H,4,9H2,(H,24,25). The lowest BCUT2D eigenvalue weighted by Gasteiger charge is -2.10. The molecule has 0 aliphatic rings. The highest BCUT2D eigenvalue weighted by molar-refractivity contribution is 6.30. The molecule has 0 amide bonds. The third kappa shape index (κ3) is 2.84. The minimum absolute atomic E-state index is 0.746. The minimum atomic E-state index is 0.746. The van der Waals surface area contributed by atoms with Crippen molar-refractivity contribution < 1.29 is 0 Å². The molecule has 0 unspecified atom stereocenters. The highest BCUT2D eigenvalue weighted by Crippen LogP contribution is 2.30. The van der Waals surface area contributed by atoms with Gasteiger partial charge in [-0.3, -0.25) is 9.38 Å². The Hall–Kier alpha value is -3.25. The molecule has 4 heterocycles. The second-order valence-electron chi connectivity index (χ2n) is 6.28. The van der Waals surface area contributed by atoms with Crippen LogP contribution in [0.5, 0.6) is 0 Å². The normalized spacial score (nSPS) is 11.4. The van der Waals surface area contributed by atoms with Crippen molar-refractivity contribution in [3.05, 3.63) is 71.9 Å². The number of aromatic nitrogens is 5. The number of rotatable bonds is 4. The third-order valence-corrected chi connectivity index (χ3v) is 4.78. The fraction of sp³-hybridized carbons (Fsp3) is 0.100. The summed E-state index contributed by atoms with van der Waals surface area (Å²) in [5, 5.41) is 5.24. The van der Waals surface area contributed by atoms with Gasteiger partial charge in [-0.15, -0.1) is 0 Å². The fourth-order valence-electron chi connectivity index (χ4n) is 3.28. The van der Waals surface area contributed by atoms with E-state index in [4.69, 9.17) is 21.6 Å². The average Bonchev–Trinajstić information content (AvgIpc) is 3.06. The van der Waals surface area contributed by atoms with Gasteiger partial charge in [0.25, 0.3) is 0 Å². The van der Waals surface area contributed by atoms with Crippen molar-refractivity contribution >= 4 is 45.0 Å². The molecule has 0 spiro atoms. The van der Waals surface area contributed by atoms with Crippen LogP contribution in [0, 0.1) is 0 Å². The van der Waals surface area contributed by atoms with Crippen LogP contribution in [-0.2, 0) is 6.42 Å². The number of hydrogen-bond acceptors (Lipinski definition) is 5. The van der Waals surface area contributed by atoms with Crippen molar-refractivity contribution in [1.29, 1.82) is 0 Å². The Morgan fingerprint density at radius 2 is 1.96 bits per heavy atom. The molecule has 132 valence electrons. The number of hydrogen-bond donors (Lipinski definition) is 1. The molecule has 1 aromatic carbocycles. The van der Waals surface area contributed by atoms with Crippen LogP contribution < -0.4 is 5.32 Å². The maximum absolute atomic E-state index is 6.09. The van der Waals surface area contributed by atoms with Crippen LogP contribution in [0.4, 0.5) is 5.69 Å². The fourth-order valence-corrected chi connectivity index (χ4v) is 3.50. The zero-order valence-corrected chi connectivity index (χ0v) is 15.1. The van der Waals surface area contributed by atoms with Crippen molar-refractivity contribution in [3.63, 3.8) is 0 Å². The Morgan fingerprint density at radius 1 is 1.04 bits per heavy atom. The lowest BCUT2D eigenvalue weighted by Crippen LogP contribution is -2.06. The summed E-state index contributed by atoms with van der Waals surface area (Å²) in [4.78, 5) is 18.0. The molecule has 0 radical (unpaired) electrons. The Morgan fingerprint density at radius 3 is 2.89 bits per heavy atom. The summed E-state index contributed by atoms with van der Waals surface area (Å²) in [6.45, 7) is 0.746. The summed E-state index contributed by atoms with van der Waals surface area (Å²) in [6.07, 6.45) is 7.89. The Kier molecular flexibility index (Phi) is 3.83. The molecule has 5 rings (SSSR count). The van der Waals surface area contributed by atoms with E-state index in [0.29, 0.717) is 0 Å². The number of benzene rings is 1. The first-order valence-electron chi connectivity index (χ1n) is 8.63. The zero-order valence-electron chi connectivity index (χ0n) is 14.3. The number of anilines is 1. The quantitative estimate of drug-likeness (QED) is 0.512. The van der Waals surface area contributed by atoms with Crippen molar-refractivity contribution in [2.75, 3.05) is 11.9 Å². The molecule has 0 aliphatic carbocycles. The van der Waals surface area contributed by atoms with Crippen LogP contribution in [-0.4, -0.2) is 30.9 Å². The molecule has 4 aromatic heterocycles. The van der Waals surface area contributed by atoms with Crippen LogP contribution in [0.25, 0.3) is 27.7 Å². The van der Waals surface area contributed by atoms with Gasteiger partial charge in [0, 0.05) is 35.5 Å². The number of nitrogens with zero attached hydrogens (tertiary/aromatic N) is 5. The van der Waals surface area contributed by atoms with E-state index in [-0.39, 0.29) is 0 Å². The van der Waals surface area contributed by atoms with Gasteiger partial charge in [0.05, 0.1) is 11.2 Å². The maximum Gasteiger partial charge on any atom is 0.168 e. The van der Waals surface area contributed by atoms with E-state index in [1.54, 1.807) is 18.7 Å². The number of halogens is 1. The first kappa shape index (κ1) is 16.0. The van der Waals surface area contributed by atoms with E-state index in [2.05, 4.69) is 21.4 Å². The van der Waals surface area contributed by atoms with E-state index < -0.39 is 0 Å². The van der Waals surface area contributed by atoms with Gasteiger partial charge in [-0.1, -0.05) is 23.7 Å². The second-order valence-corrected chi connectivity index (χ2v) is 6.72. The summed E-state index contributed by atoms with van der Waals surface area (Å²) in [5.41, 5.74) is 5.40. The molecule has 0 fully saturated rings. The van der Waals surface area contributed by atoms with Gasteiger partial charge in [0.2, 0.25) is 0 Å². The van der Waals surface area contributed by atoms with Crippen LogP contribution >= 0.6 is 11.6 Å². The van der Waals surface area contributed by atoms with E-state index in [1.807, 2.05) is 40.9 Å². The van der Waals surface area contributed by atoms with Crippen LogP contribution in [0.1, 0.15) is 5.56 Å². The number of pyridine rings is 2. The minimum Gasteiger partial charge on any atom is -0.382 e. The summed E-state index contributed by atoms with van der Waals surface area (Å²) >= 11 is 6.09. The van der Waals surface area contributed by atoms with Gasteiger partial charge in [-0.25, -0.2) is 15.0 Å². The Balaban J connectivity index is 1.60. The molecule has 5 aromatic rings. The monoisotopic (exact) mass is 374 g/mol. The Labute approximate surface area is 159 Å². The Bertz CT molecular complexity index is 1280. The summed E-state index contributed by atoms with van der Waals surface area (Å²) in [5.74, 6) is 0. The van der Waals surface area contributed by atoms with Gasteiger partial charge in [-0.05, 0) is 36.2 Å². The SMILES string of the molecule is Clc1cccc(CCNc2c3cnccc3nc3c2nc2ccncn23)c1. The van der Waals surface area contributed by atoms with E-state index in [1.165, 1.54) is 5.56 Å². The molecule has 0 bridgehead atoms. The molecule has 0 saturated heterocycles. The molecule has 1 N–H and O–H groups in total. The van der Waals surface area contributed by atoms with Crippen LogP contribution in [0.3, 0.4) is 0 Å². The first-order valence-corrected chi connectivity index (χ1v) is 9.01. The summed E-state index contributed by atoms with van der Waals surface area (Å²) in [6, 6.07) is 11.7. The molecule has 6 nitrogen and oxygen atoms in total. The number of nitrogens with one attached hydrogen (secondary N) is 1. The van der Waals surface area contributed by atoms with Crippen molar-refractivity contribution in [2.45, 2.75) is 6.42 Å². The highest BCUT2D eigenvalue weighted by Gasteiger charge is 2.14. The first-order chi connectivity index (χ1) is 13.3. The predicted octanol–water partition coefficient (Wildman–Crippen LogP) is 4.13. The molecule has 0 atom stereocenters. The molecule has 0 aliphatic heterocycles. The molecular weight excluding hydrogens is 360 g/mol. The van der Waals surface area contributed by atoms with Gasteiger partial charge >= 0.3 is 0 Å². The second kappa shape index (κ2) is 6.48. The largest absolute Gasteiger partial charge is 0.382 e.